The molecule has 0 radical (unpaired) electrons. The first kappa shape index (κ1) is 18.2. The highest BCUT2D eigenvalue weighted by atomic mass is 35.5. The fourth-order valence-electron chi connectivity index (χ4n) is 2.22. The minimum absolute atomic E-state index is 0. The Morgan fingerprint density at radius 1 is 1.29 bits per heavy atom. The molecule has 120 valence electrons. The van der Waals surface area contributed by atoms with E-state index >= 15 is 0 Å². The molecule has 21 heavy (non-hydrogen) atoms. The van der Waals surface area contributed by atoms with Gasteiger partial charge in [-0.3, -0.25) is 0 Å². The van der Waals surface area contributed by atoms with E-state index in [1.54, 1.807) is 0 Å². The van der Waals surface area contributed by atoms with E-state index in [-0.39, 0.29) is 37.1 Å². The maximum absolute atomic E-state index is 12.8. The maximum Gasteiger partial charge on any atom is 0.416 e. The van der Waals surface area contributed by atoms with E-state index < -0.39 is 27.5 Å². The Labute approximate surface area is 127 Å². The van der Waals surface area contributed by atoms with Gasteiger partial charge in [0.05, 0.1) is 11.3 Å². The number of alkyl halides is 3. The molecule has 1 aliphatic heterocycles. The Kier molecular flexibility index (Phi) is 5.65. The van der Waals surface area contributed by atoms with Crippen molar-refractivity contribution in [3.8, 4) is 0 Å². The van der Waals surface area contributed by atoms with E-state index in [0.29, 0.717) is 6.42 Å². The molecular formula is C12H16ClF3N2O2S. The lowest BCUT2D eigenvalue weighted by Crippen LogP contribution is -2.33. The maximum atomic E-state index is 12.8. The Bertz CT molecular complexity index is 592. The minimum atomic E-state index is -4.56. The number of nitrogens with zero attached hydrogens (tertiary/aromatic N) is 1. The van der Waals surface area contributed by atoms with Gasteiger partial charge >= 0.3 is 6.18 Å². The number of halogens is 4. The molecule has 4 nitrogen and oxygen atoms in total. The summed E-state index contributed by atoms with van der Waals surface area (Å²) in [5.41, 5.74) is 4.48. The molecule has 1 aliphatic rings. The van der Waals surface area contributed by atoms with Gasteiger partial charge in [0.1, 0.15) is 0 Å². The van der Waals surface area contributed by atoms with Gasteiger partial charge in [-0.15, -0.1) is 12.4 Å². The predicted octanol–water partition coefficient (Wildman–Crippen LogP) is 1.99. The molecule has 1 heterocycles. The van der Waals surface area contributed by atoms with Crippen LogP contribution in [0.5, 0.6) is 0 Å². The van der Waals surface area contributed by atoms with Crippen LogP contribution in [0.15, 0.2) is 24.3 Å². The Morgan fingerprint density at radius 3 is 2.43 bits per heavy atom. The summed E-state index contributed by atoms with van der Waals surface area (Å²) in [6, 6.07) is 4.47. The van der Waals surface area contributed by atoms with Crippen LogP contribution in [0.4, 0.5) is 13.2 Å². The third-order valence-corrected chi connectivity index (χ3v) is 5.04. The van der Waals surface area contributed by atoms with Crippen LogP contribution in [0, 0.1) is 0 Å². The van der Waals surface area contributed by atoms with Crippen LogP contribution in [-0.2, 0) is 22.0 Å². The SMILES string of the molecule is Cl.NC1CCN(S(=O)(=O)Cc2ccccc2C(F)(F)F)C1. The quantitative estimate of drug-likeness (QED) is 0.912. The van der Waals surface area contributed by atoms with Crippen molar-refractivity contribution in [3.63, 3.8) is 0 Å². The lowest BCUT2D eigenvalue weighted by atomic mass is 10.1. The fraction of sp³-hybridized carbons (Fsp3) is 0.500. The lowest BCUT2D eigenvalue weighted by molar-refractivity contribution is -0.138. The monoisotopic (exact) mass is 344 g/mol. The zero-order valence-corrected chi connectivity index (χ0v) is 12.6. The molecule has 1 atom stereocenters. The molecule has 0 amide bonds. The second kappa shape index (κ2) is 6.51. The normalized spacial score (nSPS) is 20.3. The molecule has 2 N–H and O–H groups in total. The first-order valence-electron chi connectivity index (χ1n) is 6.08. The van der Waals surface area contributed by atoms with Gasteiger partial charge in [-0.05, 0) is 18.1 Å². The van der Waals surface area contributed by atoms with Crippen LogP contribution >= 0.6 is 12.4 Å². The van der Waals surface area contributed by atoms with Gasteiger partial charge < -0.3 is 5.73 Å². The van der Waals surface area contributed by atoms with Crippen molar-refractivity contribution in [1.82, 2.24) is 4.31 Å². The summed E-state index contributed by atoms with van der Waals surface area (Å²) in [5, 5.41) is 0. The molecule has 1 unspecified atom stereocenters. The summed E-state index contributed by atoms with van der Waals surface area (Å²) in [7, 11) is -3.78. The molecule has 0 aliphatic carbocycles. The van der Waals surface area contributed by atoms with Crippen LogP contribution in [-0.4, -0.2) is 31.9 Å². The molecule has 0 aromatic heterocycles. The number of hydrogen-bond acceptors (Lipinski definition) is 3. The number of hydrogen-bond donors (Lipinski definition) is 1. The van der Waals surface area contributed by atoms with E-state index in [1.165, 1.54) is 18.2 Å². The van der Waals surface area contributed by atoms with Crippen LogP contribution in [0.3, 0.4) is 0 Å². The molecule has 0 bridgehead atoms. The number of rotatable bonds is 3. The predicted molar refractivity (Wildman–Crippen MR) is 75.5 cm³/mol. The third-order valence-electron chi connectivity index (χ3n) is 3.24. The zero-order valence-electron chi connectivity index (χ0n) is 11.0. The van der Waals surface area contributed by atoms with Gasteiger partial charge in [0, 0.05) is 19.1 Å². The van der Waals surface area contributed by atoms with Gasteiger partial charge in [-0.1, -0.05) is 18.2 Å². The van der Waals surface area contributed by atoms with Crippen LogP contribution < -0.4 is 5.73 Å². The molecule has 0 spiro atoms. The number of sulfonamides is 1. The molecule has 2 rings (SSSR count). The van der Waals surface area contributed by atoms with Gasteiger partial charge in [0.25, 0.3) is 0 Å². The molecule has 1 saturated heterocycles. The second-order valence-electron chi connectivity index (χ2n) is 4.82. The van der Waals surface area contributed by atoms with E-state index in [9.17, 15) is 21.6 Å². The zero-order chi connectivity index (χ0) is 15.0. The first-order valence-corrected chi connectivity index (χ1v) is 7.69. The minimum Gasteiger partial charge on any atom is -0.326 e. The largest absolute Gasteiger partial charge is 0.416 e. The number of benzene rings is 1. The summed E-state index contributed by atoms with van der Waals surface area (Å²) in [5.74, 6) is -0.657. The van der Waals surface area contributed by atoms with Crippen molar-refractivity contribution in [1.29, 1.82) is 0 Å². The average Bonchev–Trinajstić information content (AvgIpc) is 2.75. The van der Waals surface area contributed by atoms with Gasteiger partial charge in [0.2, 0.25) is 10.0 Å². The highest BCUT2D eigenvalue weighted by molar-refractivity contribution is 7.88. The summed E-state index contributed by atoms with van der Waals surface area (Å²) in [6.45, 7) is 0.425. The van der Waals surface area contributed by atoms with Crippen LogP contribution in [0.25, 0.3) is 0 Å². The smallest absolute Gasteiger partial charge is 0.326 e. The van der Waals surface area contributed by atoms with Crippen molar-refractivity contribution >= 4 is 22.4 Å². The fourth-order valence-corrected chi connectivity index (χ4v) is 3.85. The highest BCUT2D eigenvalue weighted by Gasteiger charge is 2.36. The van der Waals surface area contributed by atoms with E-state index in [4.69, 9.17) is 5.73 Å². The van der Waals surface area contributed by atoms with Crippen LogP contribution in [0.1, 0.15) is 17.5 Å². The van der Waals surface area contributed by atoms with Crippen molar-refractivity contribution in [2.24, 2.45) is 5.73 Å². The summed E-state index contributed by atoms with van der Waals surface area (Å²) >= 11 is 0. The molecule has 9 heteroatoms. The van der Waals surface area contributed by atoms with Crippen molar-refractivity contribution in [2.45, 2.75) is 24.4 Å². The average molecular weight is 345 g/mol. The Balaban J connectivity index is 0.00000220. The number of nitrogens with two attached hydrogens (primary N) is 1. The highest BCUT2D eigenvalue weighted by Crippen LogP contribution is 2.33. The van der Waals surface area contributed by atoms with E-state index in [2.05, 4.69) is 0 Å². The Hall–Kier alpha value is -0.830. The van der Waals surface area contributed by atoms with Gasteiger partial charge in [-0.25, -0.2) is 12.7 Å². The molecule has 1 fully saturated rings. The summed E-state index contributed by atoms with van der Waals surface area (Å²) in [6.07, 6.45) is -4.03. The van der Waals surface area contributed by atoms with Gasteiger partial charge in [-0.2, -0.15) is 13.2 Å². The van der Waals surface area contributed by atoms with Crippen molar-refractivity contribution < 1.29 is 21.6 Å². The second-order valence-corrected chi connectivity index (χ2v) is 6.79. The summed E-state index contributed by atoms with van der Waals surface area (Å²) in [4.78, 5) is 0. The van der Waals surface area contributed by atoms with Crippen molar-refractivity contribution in [2.75, 3.05) is 13.1 Å². The van der Waals surface area contributed by atoms with Crippen LogP contribution in [0.2, 0.25) is 0 Å². The lowest BCUT2D eigenvalue weighted by Gasteiger charge is -2.18. The first-order chi connectivity index (χ1) is 9.20. The van der Waals surface area contributed by atoms with Crippen molar-refractivity contribution in [3.05, 3.63) is 35.4 Å². The molecule has 0 saturated carbocycles. The molecular weight excluding hydrogens is 329 g/mol. The molecule has 1 aromatic rings. The van der Waals surface area contributed by atoms with Gasteiger partial charge in [0.15, 0.2) is 0 Å². The summed E-state index contributed by atoms with van der Waals surface area (Å²) < 4.78 is 63.9. The third kappa shape index (κ3) is 4.32. The van der Waals surface area contributed by atoms with E-state index in [0.717, 1.165) is 10.4 Å². The standard InChI is InChI=1S/C12H15F3N2O2S.ClH/c13-12(14,15)11-4-2-1-3-9(11)8-20(18,19)17-6-5-10(16)7-17;/h1-4,10H,5-8,16H2;1H. The van der Waals surface area contributed by atoms with E-state index in [1.807, 2.05) is 0 Å². The Morgan fingerprint density at radius 2 is 1.90 bits per heavy atom. The topological polar surface area (TPSA) is 63.4 Å². The molecule has 1 aromatic carbocycles.